The van der Waals surface area contributed by atoms with Gasteiger partial charge in [0.1, 0.15) is 11.6 Å². The van der Waals surface area contributed by atoms with Gasteiger partial charge in [0.25, 0.3) is 5.91 Å². The first kappa shape index (κ1) is 19.7. The Kier molecular flexibility index (Phi) is 6.47. The Morgan fingerprint density at radius 2 is 1.79 bits per heavy atom. The normalized spacial score (nSPS) is 13.9. The van der Waals surface area contributed by atoms with E-state index in [0.29, 0.717) is 31.7 Å². The molecule has 1 heterocycles. The second kappa shape index (κ2) is 9.21. The summed E-state index contributed by atoms with van der Waals surface area (Å²) in [6.45, 7) is 2.12. The van der Waals surface area contributed by atoms with Gasteiger partial charge in [-0.15, -0.1) is 0 Å². The number of anilines is 1. The van der Waals surface area contributed by atoms with E-state index >= 15 is 0 Å². The van der Waals surface area contributed by atoms with Gasteiger partial charge >= 0.3 is 5.97 Å². The highest BCUT2D eigenvalue weighted by Crippen LogP contribution is 2.28. The maximum atomic E-state index is 13.2. The minimum atomic E-state index is -0.549. The summed E-state index contributed by atoms with van der Waals surface area (Å²) in [5, 5.41) is 0. The Morgan fingerprint density at radius 1 is 1.04 bits per heavy atom. The van der Waals surface area contributed by atoms with Gasteiger partial charge in [-0.05, 0) is 29.8 Å². The molecule has 148 valence electrons. The van der Waals surface area contributed by atoms with Crippen molar-refractivity contribution in [3.63, 3.8) is 0 Å². The van der Waals surface area contributed by atoms with E-state index in [1.807, 2.05) is 24.3 Å². The minimum Gasteiger partial charge on any atom is -0.495 e. The molecular formula is C21H23FN2O4. The van der Waals surface area contributed by atoms with Gasteiger partial charge in [0, 0.05) is 26.2 Å². The van der Waals surface area contributed by atoms with Gasteiger partial charge in [-0.3, -0.25) is 9.59 Å². The Labute approximate surface area is 163 Å². The third kappa shape index (κ3) is 5.00. The molecule has 0 aliphatic carbocycles. The summed E-state index contributed by atoms with van der Waals surface area (Å²) in [5.74, 6) is -0.387. The van der Waals surface area contributed by atoms with Crippen molar-refractivity contribution < 1.29 is 23.5 Å². The number of hydrogen-bond donors (Lipinski definition) is 0. The summed E-state index contributed by atoms with van der Waals surface area (Å²) in [6, 6.07) is 13.5. The maximum Gasteiger partial charge on any atom is 0.310 e. The molecular weight excluding hydrogens is 363 g/mol. The van der Waals surface area contributed by atoms with Crippen molar-refractivity contribution in [2.45, 2.75) is 6.42 Å². The lowest BCUT2D eigenvalue weighted by atomic mass is 10.1. The molecule has 6 nitrogen and oxygen atoms in total. The molecule has 0 atom stereocenters. The van der Waals surface area contributed by atoms with Crippen molar-refractivity contribution in [2.75, 3.05) is 44.8 Å². The molecule has 0 unspecified atom stereocenters. The molecule has 1 aliphatic rings. The number of hydrogen-bond acceptors (Lipinski definition) is 5. The highest BCUT2D eigenvalue weighted by Gasteiger charge is 2.23. The van der Waals surface area contributed by atoms with Crippen molar-refractivity contribution in [3.8, 4) is 5.75 Å². The van der Waals surface area contributed by atoms with Gasteiger partial charge in [-0.25, -0.2) is 4.39 Å². The first-order valence-electron chi connectivity index (χ1n) is 9.12. The van der Waals surface area contributed by atoms with Crippen molar-refractivity contribution in [2.24, 2.45) is 0 Å². The van der Waals surface area contributed by atoms with E-state index in [-0.39, 0.29) is 18.9 Å². The molecule has 3 rings (SSSR count). The third-order valence-electron chi connectivity index (χ3n) is 4.65. The quantitative estimate of drug-likeness (QED) is 0.713. The number of halogens is 1. The molecule has 2 aromatic carbocycles. The lowest BCUT2D eigenvalue weighted by molar-refractivity contribution is -0.151. The Balaban J connectivity index is 1.45. The average molecular weight is 386 g/mol. The van der Waals surface area contributed by atoms with E-state index in [0.717, 1.165) is 11.4 Å². The largest absolute Gasteiger partial charge is 0.495 e. The van der Waals surface area contributed by atoms with Gasteiger partial charge in [0.2, 0.25) is 0 Å². The average Bonchev–Trinajstić information content (AvgIpc) is 2.72. The lowest BCUT2D eigenvalue weighted by Gasteiger charge is -2.36. The first-order valence-corrected chi connectivity index (χ1v) is 9.12. The van der Waals surface area contributed by atoms with Crippen molar-refractivity contribution in [1.29, 1.82) is 0 Å². The van der Waals surface area contributed by atoms with Crippen LogP contribution in [0.3, 0.4) is 0 Å². The smallest absolute Gasteiger partial charge is 0.310 e. The van der Waals surface area contributed by atoms with Crippen LogP contribution in [0.2, 0.25) is 0 Å². The summed E-state index contributed by atoms with van der Waals surface area (Å²) in [6.07, 6.45) is -0.0629. The summed E-state index contributed by atoms with van der Waals surface area (Å²) in [4.78, 5) is 28.0. The predicted molar refractivity (Wildman–Crippen MR) is 103 cm³/mol. The summed E-state index contributed by atoms with van der Waals surface area (Å²) >= 11 is 0. The topological polar surface area (TPSA) is 59.1 Å². The number of piperazine rings is 1. The molecule has 1 fully saturated rings. The van der Waals surface area contributed by atoms with E-state index in [1.54, 1.807) is 18.1 Å². The SMILES string of the molecule is COc1ccccc1N1CCN(C(=O)COC(=O)Cc2cccc(F)c2)CC1. The van der Waals surface area contributed by atoms with Gasteiger partial charge < -0.3 is 19.3 Å². The third-order valence-corrected chi connectivity index (χ3v) is 4.65. The molecule has 28 heavy (non-hydrogen) atoms. The number of carbonyl (C=O) groups excluding carboxylic acids is 2. The van der Waals surface area contributed by atoms with Gasteiger partial charge in [0.05, 0.1) is 19.2 Å². The number of ether oxygens (including phenoxy) is 2. The van der Waals surface area contributed by atoms with Crippen molar-refractivity contribution >= 4 is 17.6 Å². The van der Waals surface area contributed by atoms with Crippen LogP contribution >= 0.6 is 0 Å². The van der Waals surface area contributed by atoms with Crippen LogP contribution in [-0.2, 0) is 20.7 Å². The fourth-order valence-electron chi connectivity index (χ4n) is 3.19. The zero-order chi connectivity index (χ0) is 19.9. The number of nitrogens with zero attached hydrogens (tertiary/aromatic N) is 2. The molecule has 1 saturated heterocycles. The second-order valence-corrected chi connectivity index (χ2v) is 6.51. The summed E-state index contributed by atoms with van der Waals surface area (Å²) < 4.78 is 23.6. The van der Waals surface area contributed by atoms with Gasteiger partial charge in [0.15, 0.2) is 6.61 Å². The lowest BCUT2D eigenvalue weighted by Crippen LogP contribution is -2.50. The molecule has 7 heteroatoms. The molecule has 0 bridgehead atoms. The molecule has 0 radical (unpaired) electrons. The monoisotopic (exact) mass is 386 g/mol. The maximum absolute atomic E-state index is 13.2. The Morgan fingerprint density at radius 3 is 2.50 bits per heavy atom. The van der Waals surface area contributed by atoms with Crippen LogP contribution in [0.15, 0.2) is 48.5 Å². The van der Waals surface area contributed by atoms with Crippen LogP contribution in [-0.4, -0.2) is 56.7 Å². The number of para-hydroxylation sites is 2. The molecule has 0 aromatic heterocycles. The number of esters is 1. The van der Waals surface area contributed by atoms with E-state index in [1.165, 1.54) is 18.2 Å². The van der Waals surface area contributed by atoms with Crippen molar-refractivity contribution in [3.05, 3.63) is 59.9 Å². The van der Waals surface area contributed by atoms with E-state index < -0.39 is 11.8 Å². The second-order valence-electron chi connectivity index (χ2n) is 6.51. The van der Waals surface area contributed by atoms with Crippen LogP contribution in [0.5, 0.6) is 5.75 Å². The Hall–Kier alpha value is -3.09. The standard InChI is InChI=1S/C21H23FN2O4/c1-27-19-8-3-2-7-18(19)23-9-11-24(12-10-23)20(25)15-28-21(26)14-16-5-4-6-17(22)13-16/h2-8,13H,9-12,14-15H2,1H3. The van der Waals surface area contributed by atoms with Crippen LogP contribution in [0.25, 0.3) is 0 Å². The number of benzene rings is 2. The van der Waals surface area contributed by atoms with Crippen LogP contribution < -0.4 is 9.64 Å². The highest BCUT2D eigenvalue weighted by molar-refractivity contribution is 5.81. The zero-order valence-electron chi connectivity index (χ0n) is 15.8. The molecule has 0 saturated carbocycles. The highest BCUT2D eigenvalue weighted by atomic mass is 19.1. The molecule has 1 aliphatic heterocycles. The number of methoxy groups -OCH3 is 1. The first-order chi connectivity index (χ1) is 13.6. The summed E-state index contributed by atoms with van der Waals surface area (Å²) in [5.41, 5.74) is 1.52. The predicted octanol–water partition coefficient (Wildman–Crippen LogP) is 2.27. The van der Waals surface area contributed by atoms with Gasteiger partial charge in [-0.2, -0.15) is 0 Å². The molecule has 0 N–H and O–H groups in total. The van der Waals surface area contributed by atoms with E-state index in [9.17, 15) is 14.0 Å². The number of carbonyl (C=O) groups is 2. The van der Waals surface area contributed by atoms with E-state index in [4.69, 9.17) is 9.47 Å². The van der Waals surface area contributed by atoms with Crippen LogP contribution in [0.1, 0.15) is 5.56 Å². The fraction of sp³-hybridized carbons (Fsp3) is 0.333. The molecule has 1 amide bonds. The summed E-state index contributed by atoms with van der Waals surface area (Å²) in [7, 11) is 1.64. The van der Waals surface area contributed by atoms with Gasteiger partial charge in [-0.1, -0.05) is 24.3 Å². The molecule has 2 aromatic rings. The fourth-order valence-corrected chi connectivity index (χ4v) is 3.19. The number of amides is 1. The van der Waals surface area contributed by atoms with Crippen LogP contribution in [0.4, 0.5) is 10.1 Å². The van der Waals surface area contributed by atoms with Crippen LogP contribution in [0, 0.1) is 5.82 Å². The number of rotatable bonds is 6. The van der Waals surface area contributed by atoms with E-state index in [2.05, 4.69) is 4.90 Å². The minimum absolute atomic E-state index is 0.0629. The Bertz CT molecular complexity index is 835. The molecule has 0 spiro atoms. The zero-order valence-corrected chi connectivity index (χ0v) is 15.8. The van der Waals surface area contributed by atoms with Crippen molar-refractivity contribution in [1.82, 2.24) is 4.90 Å².